The fourth-order valence-electron chi connectivity index (χ4n) is 0.461. The second kappa shape index (κ2) is 10.4. The van der Waals surface area contributed by atoms with Crippen LogP contribution in [-0.2, 0) is 17.1 Å². The molecule has 0 saturated carbocycles. The highest BCUT2D eigenvalue weighted by Crippen LogP contribution is 1.76. The zero-order valence-electron chi connectivity index (χ0n) is 7.17. The second-order valence-electron chi connectivity index (χ2n) is 1.92. The van der Waals surface area contributed by atoms with Crippen molar-refractivity contribution in [1.29, 1.82) is 0 Å². The van der Waals surface area contributed by atoms with E-state index in [-0.39, 0.29) is 0 Å². The summed E-state index contributed by atoms with van der Waals surface area (Å²) in [5.74, 6) is 0. The van der Waals surface area contributed by atoms with Gasteiger partial charge in [-0.05, 0) is 0 Å². The van der Waals surface area contributed by atoms with E-state index in [0.29, 0.717) is 26.4 Å². The van der Waals surface area contributed by atoms with E-state index >= 15 is 0 Å². The molecular formula is C6H15AlO4. The second-order valence-corrected chi connectivity index (χ2v) is 2.97. The lowest BCUT2D eigenvalue weighted by molar-refractivity contribution is 0.110. The molecule has 0 N–H and O–H groups in total. The number of ether oxygens (including phenoxy) is 2. The summed E-state index contributed by atoms with van der Waals surface area (Å²) < 4.78 is 19.9. The van der Waals surface area contributed by atoms with Crippen LogP contribution in [0, 0.1) is 0 Å². The Labute approximate surface area is 74.1 Å². The number of hydrogen-bond donors (Lipinski definition) is 0. The van der Waals surface area contributed by atoms with Crippen LogP contribution in [0.2, 0.25) is 0 Å². The average Bonchev–Trinajstić information content (AvgIpc) is 2.03. The molecule has 0 fully saturated rings. The van der Waals surface area contributed by atoms with Crippen molar-refractivity contribution >= 4 is 15.9 Å². The molecule has 0 aliphatic carbocycles. The first-order valence-corrected chi connectivity index (χ1v) is 4.70. The van der Waals surface area contributed by atoms with Crippen molar-refractivity contribution in [3.63, 3.8) is 0 Å². The Bertz CT molecular complexity index is 63.6. The zero-order chi connectivity index (χ0) is 8.36. The SMILES string of the molecule is COCC[O][AlH][O]CCOC. The molecule has 0 aromatic heterocycles. The van der Waals surface area contributed by atoms with Gasteiger partial charge < -0.3 is 17.1 Å². The minimum Gasteiger partial charge on any atom is -0.479 e. The summed E-state index contributed by atoms with van der Waals surface area (Å²) in [7, 11) is 3.30. The van der Waals surface area contributed by atoms with E-state index in [4.69, 9.17) is 17.1 Å². The highest BCUT2D eigenvalue weighted by molar-refractivity contribution is 6.17. The summed E-state index contributed by atoms with van der Waals surface area (Å²) in [5.41, 5.74) is 0. The van der Waals surface area contributed by atoms with Gasteiger partial charge in [-0.25, -0.2) is 0 Å². The van der Waals surface area contributed by atoms with Crippen molar-refractivity contribution in [2.45, 2.75) is 0 Å². The molecule has 4 nitrogen and oxygen atoms in total. The summed E-state index contributed by atoms with van der Waals surface area (Å²) in [4.78, 5) is 0. The van der Waals surface area contributed by atoms with Crippen molar-refractivity contribution in [3.05, 3.63) is 0 Å². The molecule has 5 heteroatoms. The topological polar surface area (TPSA) is 36.9 Å². The third-order valence-electron chi connectivity index (χ3n) is 1.03. The van der Waals surface area contributed by atoms with Crippen LogP contribution in [0.15, 0.2) is 0 Å². The maximum Gasteiger partial charge on any atom is 0.649 e. The van der Waals surface area contributed by atoms with Gasteiger partial charge in [0.05, 0.1) is 13.2 Å². The summed E-state index contributed by atoms with van der Waals surface area (Å²) in [6.45, 7) is 2.55. The van der Waals surface area contributed by atoms with E-state index in [0.717, 1.165) is 0 Å². The van der Waals surface area contributed by atoms with Gasteiger partial charge in [0, 0.05) is 27.4 Å². The predicted molar refractivity (Wildman–Crippen MR) is 42.8 cm³/mol. The van der Waals surface area contributed by atoms with E-state index in [2.05, 4.69) is 0 Å². The van der Waals surface area contributed by atoms with Gasteiger partial charge in [-0.15, -0.1) is 0 Å². The van der Waals surface area contributed by atoms with Crippen LogP contribution < -0.4 is 0 Å². The predicted octanol–water partition coefficient (Wildman–Crippen LogP) is -0.421. The monoisotopic (exact) mass is 178 g/mol. The van der Waals surface area contributed by atoms with Crippen molar-refractivity contribution in [2.24, 2.45) is 0 Å². The first-order chi connectivity index (χ1) is 5.41. The van der Waals surface area contributed by atoms with Gasteiger partial charge in [-0.1, -0.05) is 0 Å². The van der Waals surface area contributed by atoms with Gasteiger partial charge >= 0.3 is 15.9 Å². The number of methoxy groups -OCH3 is 2. The largest absolute Gasteiger partial charge is 0.649 e. The van der Waals surface area contributed by atoms with E-state index in [1.54, 1.807) is 14.2 Å². The van der Waals surface area contributed by atoms with Crippen molar-refractivity contribution in [1.82, 2.24) is 0 Å². The first-order valence-electron chi connectivity index (χ1n) is 3.55. The van der Waals surface area contributed by atoms with Gasteiger partial charge in [0.1, 0.15) is 0 Å². The van der Waals surface area contributed by atoms with Crippen molar-refractivity contribution in [3.8, 4) is 0 Å². The molecule has 0 spiro atoms. The average molecular weight is 178 g/mol. The minimum atomic E-state index is -0.789. The van der Waals surface area contributed by atoms with Crippen LogP contribution in [0.1, 0.15) is 0 Å². The molecule has 0 aromatic carbocycles. The number of rotatable bonds is 8. The summed E-state index contributed by atoms with van der Waals surface area (Å²) >= 11 is -0.789. The Kier molecular flexibility index (Phi) is 10.7. The Morgan fingerprint density at radius 1 is 0.818 bits per heavy atom. The van der Waals surface area contributed by atoms with Gasteiger partial charge in [-0.3, -0.25) is 0 Å². The number of hydrogen-bond acceptors (Lipinski definition) is 4. The quantitative estimate of drug-likeness (QED) is 0.373. The lowest BCUT2D eigenvalue weighted by Crippen LogP contribution is -2.12. The lowest BCUT2D eigenvalue weighted by atomic mass is 10.8. The summed E-state index contributed by atoms with van der Waals surface area (Å²) in [6.07, 6.45) is 0. The van der Waals surface area contributed by atoms with E-state index in [9.17, 15) is 0 Å². The highest BCUT2D eigenvalue weighted by atomic mass is 27.2. The fourth-order valence-corrected chi connectivity index (χ4v) is 1.05. The Morgan fingerprint density at radius 2 is 1.27 bits per heavy atom. The van der Waals surface area contributed by atoms with Gasteiger partial charge in [0.2, 0.25) is 0 Å². The van der Waals surface area contributed by atoms with Crippen LogP contribution in [0.4, 0.5) is 0 Å². The molecule has 0 aliphatic heterocycles. The molecule has 0 bridgehead atoms. The molecule has 0 amide bonds. The Balaban J connectivity index is 2.69. The fraction of sp³-hybridized carbons (Fsp3) is 1.00. The molecule has 0 aliphatic rings. The third-order valence-corrected chi connectivity index (χ3v) is 1.94. The molecule has 66 valence electrons. The molecule has 0 saturated heterocycles. The molecule has 11 heavy (non-hydrogen) atoms. The van der Waals surface area contributed by atoms with Crippen molar-refractivity contribution in [2.75, 3.05) is 40.6 Å². The van der Waals surface area contributed by atoms with Gasteiger partial charge in [0.25, 0.3) is 0 Å². The van der Waals surface area contributed by atoms with Crippen LogP contribution in [0.3, 0.4) is 0 Å². The molecule has 0 aromatic rings. The third kappa shape index (κ3) is 10.4. The van der Waals surface area contributed by atoms with Gasteiger partial charge in [0.15, 0.2) is 0 Å². The van der Waals surface area contributed by atoms with Crippen LogP contribution in [-0.4, -0.2) is 56.5 Å². The lowest BCUT2D eigenvalue weighted by Gasteiger charge is -2.02. The smallest absolute Gasteiger partial charge is 0.479 e. The normalized spacial score (nSPS) is 10.0. The maximum atomic E-state index is 5.16. The molecular weight excluding hydrogens is 163 g/mol. The zero-order valence-corrected chi connectivity index (χ0v) is 8.58. The Hall–Kier alpha value is 0.372. The van der Waals surface area contributed by atoms with E-state index < -0.39 is 15.9 Å². The maximum absolute atomic E-state index is 5.16. The standard InChI is InChI=1S/2C3H7O2.Al.H/c2*1-5-3-2-4;;/h2*2-3H2,1H3;;/q2*-1;+2;. The van der Waals surface area contributed by atoms with Crippen LogP contribution in [0.25, 0.3) is 0 Å². The summed E-state index contributed by atoms with van der Waals surface area (Å²) in [6, 6.07) is 0. The van der Waals surface area contributed by atoms with Crippen molar-refractivity contribution < 1.29 is 17.1 Å². The van der Waals surface area contributed by atoms with Crippen LogP contribution in [0.5, 0.6) is 0 Å². The molecule has 0 radical (unpaired) electrons. The van der Waals surface area contributed by atoms with Crippen LogP contribution >= 0.6 is 0 Å². The highest BCUT2D eigenvalue weighted by Gasteiger charge is 1.95. The summed E-state index contributed by atoms with van der Waals surface area (Å²) in [5, 5.41) is 0. The molecule has 0 heterocycles. The molecule has 0 atom stereocenters. The van der Waals surface area contributed by atoms with E-state index in [1.165, 1.54) is 0 Å². The Morgan fingerprint density at radius 3 is 1.64 bits per heavy atom. The first kappa shape index (κ1) is 11.4. The molecule has 0 rings (SSSR count). The molecule has 0 unspecified atom stereocenters. The van der Waals surface area contributed by atoms with Gasteiger partial charge in [-0.2, -0.15) is 0 Å². The van der Waals surface area contributed by atoms with E-state index in [1.807, 2.05) is 0 Å². The minimum absolute atomic E-state index is 0.635.